The first-order chi connectivity index (χ1) is 15.1. The maximum atomic E-state index is 14.1. The van der Waals surface area contributed by atoms with Gasteiger partial charge in [-0.05, 0) is 63.3 Å². The topological polar surface area (TPSA) is 98.6 Å². The largest absolute Gasteiger partial charge is 0.462 e. The predicted molar refractivity (Wildman–Crippen MR) is 114 cm³/mol. The number of anilines is 1. The zero-order valence-corrected chi connectivity index (χ0v) is 17.6. The Morgan fingerprint density at radius 1 is 1.35 bits per heavy atom. The number of unbranched alkanes of at least 4 members (excludes halogenated alkanes) is 1. The molecule has 4 heterocycles. The summed E-state index contributed by atoms with van der Waals surface area (Å²) in [6.07, 6.45) is 8.95. The van der Waals surface area contributed by atoms with E-state index in [2.05, 4.69) is 15.0 Å². The van der Waals surface area contributed by atoms with Crippen molar-refractivity contribution in [3.63, 3.8) is 0 Å². The lowest BCUT2D eigenvalue weighted by atomic mass is 9.99. The van der Waals surface area contributed by atoms with E-state index >= 15 is 0 Å². The van der Waals surface area contributed by atoms with Crippen LogP contribution in [0.1, 0.15) is 60.3 Å². The summed E-state index contributed by atoms with van der Waals surface area (Å²) in [4.78, 5) is 23.5. The van der Waals surface area contributed by atoms with Crippen LogP contribution in [-0.2, 0) is 11.2 Å². The van der Waals surface area contributed by atoms with Crippen LogP contribution in [0.3, 0.4) is 0 Å². The van der Waals surface area contributed by atoms with E-state index in [4.69, 9.17) is 15.5 Å². The Bertz CT molecular complexity index is 1070. The van der Waals surface area contributed by atoms with Gasteiger partial charge in [0, 0.05) is 18.4 Å². The Balaban J connectivity index is 1.68. The van der Waals surface area contributed by atoms with Gasteiger partial charge in [-0.15, -0.1) is 0 Å². The van der Waals surface area contributed by atoms with E-state index in [0.717, 1.165) is 55.7 Å². The summed E-state index contributed by atoms with van der Waals surface area (Å²) in [7, 11) is 0. The highest BCUT2D eigenvalue weighted by atomic mass is 19.1. The Kier molecular flexibility index (Phi) is 6.41. The van der Waals surface area contributed by atoms with E-state index in [9.17, 15) is 9.18 Å². The van der Waals surface area contributed by atoms with Crippen LogP contribution < -0.4 is 10.6 Å². The van der Waals surface area contributed by atoms with E-state index in [-0.39, 0.29) is 18.5 Å². The van der Waals surface area contributed by atoms with E-state index in [1.165, 1.54) is 12.4 Å². The molecule has 0 bridgehead atoms. The number of esters is 1. The molecule has 0 amide bonds. The molecule has 1 fully saturated rings. The molecule has 3 aromatic rings. The standard InChI is InChI=1S/C22H27FN6O2/c1-2-31-22(30)17-14-26-29-11-8-20(27-21(17)29)28-10-5-7-19(28)16-12-15(23)13-25-18(16)6-3-4-9-24/h8,11-14,19H,2-7,9-10,24H2,1H3/t19-/m0/s1. The molecule has 0 spiro atoms. The van der Waals surface area contributed by atoms with Crippen molar-refractivity contribution in [2.24, 2.45) is 5.73 Å². The molecule has 1 atom stereocenters. The van der Waals surface area contributed by atoms with Gasteiger partial charge in [0.2, 0.25) is 0 Å². The van der Waals surface area contributed by atoms with Crippen LogP contribution in [0.4, 0.5) is 10.2 Å². The molecule has 31 heavy (non-hydrogen) atoms. The first-order valence-electron chi connectivity index (χ1n) is 10.7. The molecule has 4 rings (SSSR count). The van der Waals surface area contributed by atoms with Crippen LogP contribution in [0.2, 0.25) is 0 Å². The minimum atomic E-state index is -0.448. The first kappa shape index (κ1) is 21.2. The van der Waals surface area contributed by atoms with E-state index in [0.29, 0.717) is 17.8 Å². The van der Waals surface area contributed by atoms with Gasteiger partial charge in [0.05, 0.1) is 25.0 Å². The monoisotopic (exact) mass is 426 g/mol. The van der Waals surface area contributed by atoms with Gasteiger partial charge >= 0.3 is 5.97 Å². The summed E-state index contributed by atoms with van der Waals surface area (Å²) in [5.74, 6) is -0.0666. The second kappa shape index (κ2) is 9.38. The van der Waals surface area contributed by atoms with Crippen molar-refractivity contribution < 1.29 is 13.9 Å². The van der Waals surface area contributed by atoms with Crippen LogP contribution in [0.15, 0.2) is 30.7 Å². The number of hydrogen-bond donors (Lipinski definition) is 1. The average molecular weight is 426 g/mol. The third-order valence-electron chi connectivity index (χ3n) is 5.59. The van der Waals surface area contributed by atoms with Gasteiger partial charge in [-0.3, -0.25) is 4.98 Å². The van der Waals surface area contributed by atoms with Crippen LogP contribution >= 0.6 is 0 Å². The number of fused-ring (bicyclic) bond motifs is 1. The predicted octanol–water partition coefficient (Wildman–Crippen LogP) is 3.06. The highest BCUT2D eigenvalue weighted by Gasteiger charge is 2.30. The number of pyridine rings is 1. The molecule has 0 aromatic carbocycles. The van der Waals surface area contributed by atoms with Crippen molar-refractivity contribution in [2.75, 3.05) is 24.6 Å². The number of nitrogens with zero attached hydrogens (tertiary/aromatic N) is 5. The van der Waals surface area contributed by atoms with Crippen molar-refractivity contribution in [3.8, 4) is 0 Å². The molecule has 0 saturated carbocycles. The van der Waals surface area contributed by atoms with Crippen LogP contribution in [-0.4, -0.2) is 45.2 Å². The highest BCUT2D eigenvalue weighted by Crippen LogP contribution is 2.37. The number of aryl methyl sites for hydroxylation is 1. The number of carbonyl (C=O) groups is 1. The summed E-state index contributed by atoms with van der Waals surface area (Å²) in [6, 6.07) is 3.43. The number of nitrogens with two attached hydrogens (primary N) is 1. The number of aromatic nitrogens is 4. The normalized spacial score (nSPS) is 16.2. The number of halogens is 1. The van der Waals surface area contributed by atoms with Gasteiger partial charge in [0.25, 0.3) is 0 Å². The van der Waals surface area contributed by atoms with Crippen LogP contribution in [0.5, 0.6) is 0 Å². The third-order valence-corrected chi connectivity index (χ3v) is 5.59. The lowest BCUT2D eigenvalue weighted by Gasteiger charge is -2.27. The molecule has 1 aliphatic rings. The quantitative estimate of drug-likeness (QED) is 0.437. The van der Waals surface area contributed by atoms with Gasteiger partial charge in [-0.25, -0.2) is 18.7 Å². The zero-order chi connectivity index (χ0) is 21.8. The molecular weight excluding hydrogens is 399 g/mol. The molecule has 1 aliphatic heterocycles. The van der Waals surface area contributed by atoms with Crippen molar-refractivity contribution in [2.45, 2.75) is 45.1 Å². The Hall–Kier alpha value is -3.07. The number of hydrogen-bond acceptors (Lipinski definition) is 7. The smallest absolute Gasteiger partial charge is 0.343 e. The maximum Gasteiger partial charge on any atom is 0.343 e. The second-order valence-electron chi connectivity index (χ2n) is 7.62. The van der Waals surface area contributed by atoms with Gasteiger partial charge in [-0.2, -0.15) is 5.10 Å². The molecule has 1 saturated heterocycles. The number of carbonyl (C=O) groups excluding carboxylic acids is 1. The van der Waals surface area contributed by atoms with Gasteiger partial charge < -0.3 is 15.4 Å². The molecule has 0 radical (unpaired) electrons. The first-order valence-corrected chi connectivity index (χ1v) is 10.7. The lowest BCUT2D eigenvalue weighted by molar-refractivity contribution is 0.0528. The fraction of sp³-hybridized carbons (Fsp3) is 0.455. The van der Waals surface area contributed by atoms with Crippen molar-refractivity contribution in [1.82, 2.24) is 19.6 Å². The summed E-state index contributed by atoms with van der Waals surface area (Å²) in [5.41, 5.74) is 8.21. The van der Waals surface area contributed by atoms with E-state index in [1.807, 2.05) is 6.07 Å². The van der Waals surface area contributed by atoms with Crippen LogP contribution in [0, 0.1) is 5.82 Å². The van der Waals surface area contributed by atoms with E-state index in [1.54, 1.807) is 23.7 Å². The van der Waals surface area contributed by atoms with Crippen molar-refractivity contribution in [3.05, 3.63) is 53.4 Å². The Morgan fingerprint density at radius 3 is 3.03 bits per heavy atom. The minimum absolute atomic E-state index is 0.0278. The molecule has 9 heteroatoms. The summed E-state index contributed by atoms with van der Waals surface area (Å²) < 4.78 is 20.8. The van der Waals surface area contributed by atoms with Gasteiger partial charge in [0.1, 0.15) is 17.2 Å². The SMILES string of the molecule is CCOC(=O)c1cnn2ccc(N3CCC[C@H]3c3cc(F)cnc3CCCCN)nc12. The Labute approximate surface area is 180 Å². The molecule has 0 unspecified atom stereocenters. The summed E-state index contributed by atoms with van der Waals surface area (Å²) in [5, 5.41) is 4.20. The molecule has 3 aromatic heterocycles. The van der Waals surface area contributed by atoms with Crippen molar-refractivity contribution in [1.29, 1.82) is 0 Å². The second-order valence-corrected chi connectivity index (χ2v) is 7.62. The van der Waals surface area contributed by atoms with Crippen molar-refractivity contribution >= 4 is 17.4 Å². The minimum Gasteiger partial charge on any atom is -0.462 e. The number of rotatable bonds is 8. The summed E-state index contributed by atoms with van der Waals surface area (Å²) in [6.45, 7) is 3.46. The zero-order valence-electron chi connectivity index (χ0n) is 17.6. The number of ether oxygens (including phenoxy) is 1. The third kappa shape index (κ3) is 4.36. The lowest BCUT2D eigenvalue weighted by Crippen LogP contribution is -2.25. The van der Waals surface area contributed by atoms with Gasteiger partial charge in [-0.1, -0.05) is 0 Å². The molecule has 164 valence electrons. The summed E-state index contributed by atoms with van der Waals surface area (Å²) >= 11 is 0. The molecular formula is C22H27FN6O2. The molecule has 0 aliphatic carbocycles. The Morgan fingerprint density at radius 2 is 2.23 bits per heavy atom. The fourth-order valence-electron chi connectivity index (χ4n) is 4.15. The fourth-order valence-corrected chi connectivity index (χ4v) is 4.15. The average Bonchev–Trinajstić information content (AvgIpc) is 3.41. The maximum absolute atomic E-state index is 14.1. The van der Waals surface area contributed by atoms with Gasteiger partial charge in [0.15, 0.2) is 5.65 Å². The van der Waals surface area contributed by atoms with E-state index < -0.39 is 5.97 Å². The van der Waals surface area contributed by atoms with Crippen LogP contribution in [0.25, 0.3) is 5.65 Å². The molecule has 8 nitrogen and oxygen atoms in total. The molecule has 2 N–H and O–H groups in total. The highest BCUT2D eigenvalue weighted by molar-refractivity contribution is 5.95.